The lowest BCUT2D eigenvalue weighted by atomic mass is 10.2. The molecule has 0 saturated heterocycles. The second-order valence-corrected chi connectivity index (χ2v) is 5.78. The van der Waals surface area contributed by atoms with Gasteiger partial charge in [-0.3, -0.25) is 9.78 Å². The van der Waals surface area contributed by atoms with Gasteiger partial charge in [0.05, 0.1) is 4.90 Å². The van der Waals surface area contributed by atoms with Gasteiger partial charge in [0, 0.05) is 31.2 Å². The molecule has 0 aromatic carbocycles. The fourth-order valence-electron chi connectivity index (χ4n) is 1.52. The maximum atomic E-state index is 12.0. The van der Waals surface area contributed by atoms with Gasteiger partial charge in [0.1, 0.15) is 0 Å². The second kappa shape index (κ2) is 5.33. The SMILES string of the molecule is Cc1cnccc1CNS(=O)(=O)c1ccc(=O)[nH]c1. The highest BCUT2D eigenvalue weighted by molar-refractivity contribution is 7.89. The van der Waals surface area contributed by atoms with E-state index in [0.717, 1.165) is 11.1 Å². The highest BCUT2D eigenvalue weighted by Gasteiger charge is 2.13. The minimum absolute atomic E-state index is 0.0267. The molecule has 2 aromatic heterocycles. The summed E-state index contributed by atoms with van der Waals surface area (Å²) in [4.78, 5) is 17.2. The zero-order chi connectivity index (χ0) is 13.9. The molecular formula is C12H13N3O3S. The summed E-state index contributed by atoms with van der Waals surface area (Å²) < 4.78 is 26.4. The quantitative estimate of drug-likeness (QED) is 0.855. The van der Waals surface area contributed by atoms with Crippen LogP contribution in [0.1, 0.15) is 11.1 Å². The average Bonchev–Trinajstić information content (AvgIpc) is 2.38. The van der Waals surface area contributed by atoms with E-state index in [9.17, 15) is 13.2 Å². The lowest BCUT2D eigenvalue weighted by Crippen LogP contribution is -2.24. The van der Waals surface area contributed by atoms with Crippen LogP contribution < -0.4 is 10.3 Å². The summed E-state index contributed by atoms with van der Waals surface area (Å²) in [6, 6.07) is 4.19. The monoisotopic (exact) mass is 279 g/mol. The van der Waals surface area contributed by atoms with Crippen molar-refractivity contribution in [3.05, 3.63) is 58.3 Å². The summed E-state index contributed by atoms with van der Waals surface area (Å²) in [5.74, 6) is 0. The van der Waals surface area contributed by atoms with E-state index in [-0.39, 0.29) is 17.0 Å². The first-order chi connectivity index (χ1) is 8.99. The zero-order valence-corrected chi connectivity index (χ0v) is 11.1. The van der Waals surface area contributed by atoms with Crippen molar-refractivity contribution in [2.24, 2.45) is 0 Å². The van der Waals surface area contributed by atoms with E-state index in [0.29, 0.717) is 0 Å². The molecule has 0 atom stereocenters. The van der Waals surface area contributed by atoms with Gasteiger partial charge in [-0.1, -0.05) is 0 Å². The lowest BCUT2D eigenvalue weighted by molar-refractivity contribution is 0.580. The molecule has 0 saturated carbocycles. The van der Waals surface area contributed by atoms with E-state index in [1.165, 1.54) is 18.3 Å². The first-order valence-corrected chi connectivity index (χ1v) is 7.05. The average molecular weight is 279 g/mol. The number of nitrogens with one attached hydrogen (secondary N) is 2. The van der Waals surface area contributed by atoms with E-state index in [1.807, 2.05) is 6.92 Å². The van der Waals surface area contributed by atoms with Crippen molar-refractivity contribution in [1.82, 2.24) is 14.7 Å². The number of pyridine rings is 2. The van der Waals surface area contributed by atoms with Gasteiger partial charge in [-0.05, 0) is 30.2 Å². The fourth-order valence-corrected chi connectivity index (χ4v) is 2.49. The van der Waals surface area contributed by atoms with Gasteiger partial charge in [0.25, 0.3) is 0 Å². The molecule has 2 N–H and O–H groups in total. The van der Waals surface area contributed by atoms with E-state index < -0.39 is 10.0 Å². The highest BCUT2D eigenvalue weighted by Crippen LogP contribution is 2.08. The van der Waals surface area contributed by atoms with E-state index in [4.69, 9.17) is 0 Å². The van der Waals surface area contributed by atoms with E-state index in [1.54, 1.807) is 18.5 Å². The molecule has 2 rings (SSSR count). The lowest BCUT2D eigenvalue weighted by Gasteiger charge is -2.08. The number of aryl methyl sites for hydroxylation is 1. The van der Waals surface area contributed by atoms with Crippen molar-refractivity contribution in [3.63, 3.8) is 0 Å². The molecule has 0 aliphatic heterocycles. The van der Waals surface area contributed by atoms with Crippen LogP contribution >= 0.6 is 0 Å². The minimum atomic E-state index is -3.63. The Morgan fingerprint density at radius 3 is 2.74 bits per heavy atom. The first-order valence-electron chi connectivity index (χ1n) is 5.57. The third-order valence-electron chi connectivity index (χ3n) is 2.66. The molecule has 0 bridgehead atoms. The summed E-state index contributed by atoms with van der Waals surface area (Å²) in [6.07, 6.45) is 4.45. The third kappa shape index (κ3) is 3.27. The highest BCUT2D eigenvalue weighted by atomic mass is 32.2. The Morgan fingerprint density at radius 2 is 2.11 bits per heavy atom. The van der Waals surface area contributed by atoms with Gasteiger partial charge in [-0.15, -0.1) is 0 Å². The van der Waals surface area contributed by atoms with Gasteiger partial charge in [-0.2, -0.15) is 0 Å². The number of hydrogen-bond acceptors (Lipinski definition) is 4. The summed E-state index contributed by atoms with van der Waals surface area (Å²) in [6.45, 7) is 2.03. The van der Waals surface area contributed by atoms with Crippen LogP contribution in [-0.4, -0.2) is 18.4 Å². The van der Waals surface area contributed by atoms with Gasteiger partial charge in [0.2, 0.25) is 15.6 Å². The Labute approximate surface area is 110 Å². The van der Waals surface area contributed by atoms with Crippen LogP contribution in [0.15, 0.2) is 46.5 Å². The topological polar surface area (TPSA) is 91.9 Å². The number of rotatable bonds is 4. The van der Waals surface area contributed by atoms with Crippen molar-refractivity contribution in [1.29, 1.82) is 0 Å². The standard InChI is InChI=1S/C12H13N3O3S/c1-9-6-13-5-4-10(9)7-15-19(17,18)11-2-3-12(16)14-8-11/h2-6,8,15H,7H2,1H3,(H,14,16). The van der Waals surface area contributed by atoms with Crippen LogP contribution in [0.5, 0.6) is 0 Å². The van der Waals surface area contributed by atoms with Gasteiger partial charge in [-0.25, -0.2) is 13.1 Å². The molecule has 6 nitrogen and oxygen atoms in total. The molecule has 100 valence electrons. The Bertz CT molecular complexity index is 717. The molecule has 19 heavy (non-hydrogen) atoms. The number of hydrogen-bond donors (Lipinski definition) is 2. The molecule has 2 aromatic rings. The molecule has 0 spiro atoms. The number of nitrogens with zero attached hydrogens (tertiary/aromatic N) is 1. The van der Waals surface area contributed by atoms with E-state index >= 15 is 0 Å². The maximum absolute atomic E-state index is 12.0. The molecule has 2 heterocycles. The third-order valence-corrected chi connectivity index (χ3v) is 4.05. The molecular weight excluding hydrogens is 266 g/mol. The fraction of sp³-hybridized carbons (Fsp3) is 0.167. The second-order valence-electron chi connectivity index (χ2n) is 4.02. The normalized spacial score (nSPS) is 11.4. The summed E-state index contributed by atoms with van der Waals surface area (Å²) in [5.41, 5.74) is 1.42. The smallest absolute Gasteiger partial charge is 0.247 e. The Balaban J connectivity index is 2.17. The zero-order valence-electron chi connectivity index (χ0n) is 10.3. The minimum Gasteiger partial charge on any atom is -0.328 e. The first kappa shape index (κ1) is 13.4. The molecule has 7 heteroatoms. The van der Waals surface area contributed by atoms with Gasteiger partial charge >= 0.3 is 0 Å². The number of aromatic amines is 1. The van der Waals surface area contributed by atoms with Crippen molar-refractivity contribution < 1.29 is 8.42 Å². The predicted octanol–water partition coefficient (Wildman–Crippen LogP) is 0.557. The molecule has 0 radical (unpaired) electrons. The Kier molecular flexibility index (Phi) is 3.77. The molecule has 0 amide bonds. The molecule has 0 aliphatic carbocycles. The Morgan fingerprint density at radius 1 is 1.32 bits per heavy atom. The van der Waals surface area contributed by atoms with Crippen molar-refractivity contribution in [3.8, 4) is 0 Å². The van der Waals surface area contributed by atoms with Gasteiger partial charge < -0.3 is 4.98 Å². The number of sulfonamides is 1. The van der Waals surface area contributed by atoms with Crippen LogP contribution in [0, 0.1) is 6.92 Å². The largest absolute Gasteiger partial charge is 0.328 e. The molecule has 0 fully saturated rings. The van der Waals surface area contributed by atoms with Crippen LogP contribution in [0.4, 0.5) is 0 Å². The number of aromatic nitrogens is 2. The van der Waals surface area contributed by atoms with Crippen LogP contribution in [0.3, 0.4) is 0 Å². The van der Waals surface area contributed by atoms with E-state index in [2.05, 4.69) is 14.7 Å². The van der Waals surface area contributed by atoms with Crippen LogP contribution in [0.2, 0.25) is 0 Å². The Hall–Kier alpha value is -1.99. The number of H-pyrrole nitrogens is 1. The van der Waals surface area contributed by atoms with Crippen molar-refractivity contribution in [2.75, 3.05) is 0 Å². The van der Waals surface area contributed by atoms with Crippen LogP contribution in [-0.2, 0) is 16.6 Å². The molecule has 0 unspecified atom stereocenters. The molecule has 0 aliphatic rings. The van der Waals surface area contributed by atoms with Gasteiger partial charge in [0.15, 0.2) is 0 Å². The maximum Gasteiger partial charge on any atom is 0.247 e. The van der Waals surface area contributed by atoms with Crippen molar-refractivity contribution >= 4 is 10.0 Å². The van der Waals surface area contributed by atoms with Crippen molar-refractivity contribution in [2.45, 2.75) is 18.4 Å². The predicted molar refractivity (Wildman–Crippen MR) is 70.1 cm³/mol. The summed E-state index contributed by atoms with van der Waals surface area (Å²) >= 11 is 0. The summed E-state index contributed by atoms with van der Waals surface area (Å²) in [5, 5.41) is 0. The van der Waals surface area contributed by atoms with Crippen LogP contribution in [0.25, 0.3) is 0 Å². The summed E-state index contributed by atoms with van der Waals surface area (Å²) in [7, 11) is -3.63.